The molecule has 4 amide bonds. The number of hydrazine groups is 1. The van der Waals surface area contributed by atoms with Gasteiger partial charge in [-0.2, -0.15) is 5.01 Å². The smallest absolute Gasteiger partial charge is 0.301 e. The van der Waals surface area contributed by atoms with Crippen LogP contribution in [0.4, 0.5) is 32.8 Å². The second-order valence-electron chi connectivity index (χ2n) is 14.7. The predicted octanol–water partition coefficient (Wildman–Crippen LogP) is 6.26. The van der Waals surface area contributed by atoms with E-state index in [-0.39, 0.29) is 35.7 Å². The van der Waals surface area contributed by atoms with E-state index in [0.717, 1.165) is 22.0 Å². The number of imide groups is 2. The first-order valence-corrected chi connectivity index (χ1v) is 18.2. The summed E-state index contributed by atoms with van der Waals surface area (Å²) >= 11 is 6.32. The van der Waals surface area contributed by atoms with E-state index >= 15 is 4.79 Å². The van der Waals surface area contributed by atoms with Gasteiger partial charge in [-0.1, -0.05) is 47.5 Å². The number of hydrogen-bond donors (Lipinski definition) is 2. The van der Waals surface area contributed by atoms with Gasteiger partial charge in [-0.25, -0.2) is 9.29 Å². The third kappa shape index (κ3) is 5.61. The molecule has 3 fully saturated rings. The molecule has 1 saturated carbocycles. The maximum absolute atomic E-state index is 15.2. The molecule has 0 aromatic heterocycles. The van der Waals surface area contributed by atoms with Gasteiger partial charge in [-0.05, 0) is 78.4 Å². The Morgan fingerprint density at radius 2 is 1.47 bits per heavy atom. The zero-order chi connectivity index (χ0) is 40.7. The summed E-state index contributed by atoms with van der Waals surface area (Å²) in [4.78, 5) is 83.7. The van der Waals surface area contributed by atoms with Gasteiger partial charge < -0.3 is 10.0 Å². The number of fused-ring (bicyclic) bond motifs is 4. The summed E-state index contributed by atoms with van der Waals surface area (Å²) in [5, 5.41) is 36.0. The number of anilines is 3. The highest BCUT2D eigenvalue weighted by Gasteiger charge is 2.70. The Kier molecular flexibility index (Phi) is 8.83. The van der Waals surface area contributed by atoms with Gasteiger partial charge in [0.25, 0.3) is 11.8 Å². The number of aromatic hydroxyl groups is 1. The summed E-state index contributed by atoms with van der Waals surface area (Å²) in [5.41, 5.74) is 0.976. The van der Waals surface area contributed by atoms with Gasteiger partial charge in [0.2, 0.25) is 11.8 Å². The number of hydrogen-bond acceptors (Lipinski definition) is 11. The van der Waals surface area contributed by atoms with Crippen molar-refractivity contribution in [1.29, 1.82) is 0 Å². The molecule has 290 valence electrons. The van der Waals surface area contributed by atoms with Crippen LogP contribution < -0.4 is 15.2 Å². The molecule has 57 heavy (non-hydrogen) atoms. The van der Waals surface area contributed by atoms with Crippen molar-refractivity contribution in [3.63, 3.8) is 0 Å². The van der Waals surface area contributed by atoms with Gasteiger partial charge in [0.05, 0.1) is 44.4 Å². The van der Waals surface area contributed by atoms with Gasteiger partial charge in [0.15, 0.2) is 5.69 Å². The molecule has 0 unspecified atom stereocenters. The van der Waals surface area contributed by atoms with Gasteiger partial charge in [-0.3, -0.25) is 44.8 Å². The topological polar surface area (TPSA) is 197 Å². The maximum atomic E-state index is 15.2. The van der Waals surface area contributed by atoms with Crippen molar-refractivity contribution >= 4 is 63.7 Å². The number of carbonyl (C=O) groups excluding carboxylic acids is 4. The number of nitro groups is 2. The van der Waals surface area contributed by atoms with E-state index in [4.69, 9.17) is 11.6 Å². The second kappa shape index (κ2) is 13.5. The molecule has 2 aliphatic heterocycles. The number of nitrogens with zero attached hydrogens (tertiary/aromatic N) is 5. The van der Waals surface area contributed by atoms with E-state index in [1.54, 1.807) is 42.5 Å². The molecule has 0 radical (unpaired) electrons. The van der Waals surface area contributed by atoms with Gasteiger partial charge >= 0.3 is 11.4 Å². The molecule has 2 saturated heterocycles. The monoisotopic (exact) mass is 794 g/mol. The number of halogens is 2. The molecule has 6 atom stereocenters. The third-order valence-corrected chi connectivity index (χ3v) is 11.9. The molecular formula is C40H32ClFN6O9. The van der Waals surface area contributed by atoms with Crippen LogP contribution in [0.25, 0.3) is 0 Å². The van der Waals surface area contributed by atoms with Crippen LogP contribution in [0.1, 0.15) is 29.9 Å². The Bertz CT molecular complexity index is 2410. The zero-order valence-electron chi connectivity index (χ0n) is 30.2. The van der Waals surface area contributed by atoms with Crippen LogP contribution in [0.2, 0.25) is 5.02 Å². The summed E-state index contributed by atoms with van der Waals surface area (Å²) in [7, 11) is 2.79. The van der Waals surface area contributed by atoms with E-state index in [9.17, 15) is 44.1 Å². The first-order valence-electron chi connectivity index (χ1n) is 17.8. The van der Waals surface area contributed by atoms with E-state index in [2.05, 4.69) is 5.43 Å². The average molecular weight is 795 g/mol. The first kappa shape index (κ1) is 37.3. The van der Waals surface area contributed by atoms with Crippen LogP contribution in [0.15, 0.2) is 96.6 Å². The minimum absolute atomic E-state index is 0.00711. The van der Waals surface area contributed by atoms with Crippen LogP contribution in [0.3, 0.4) is 0 Å². The lowest BCUT2D eigenvalue weighted by Crippen LogP contribution is -2.53. The third-order valence-electron chi connectivity index (χ3n) is 11.6. The zero-order valence-corrected chi connectivity index (χ0v) is 30.9. The van der Waals surface area contributed by atoms with Crippen molar-refractivity contribution in [3.05, 3.63) is 139 Å². The Morgan fingerprint density at radius 3 is 2.05 bits per heavy atom. The average Bonchev–Trinajstić information content (AvgIpc) is 3.56. The molecule has 17 heteroatoms. The standard InChI is InChI=1S/C40H32ClFN6O9/c1-44(2)35-31(47(54)55)17-25(18-32(35)48(56)57)45-36(50)28-16-15-27-29(33(28)38(45)52)19-30-37(51)46(43-24-11-9-23(42)10-12-24)39(53)40(30,21-5-7-22(41)8-6-21)34(27)20-3-13-26(49)14-4-20/h3-15,17-18,28-30,33-34,43,49H,16,19H2,1-2H3/t28-,29+,30-,33-,34-,40+/m0/s1. The van der Waals surface area contributed by atoms with Crippen molar-refractivity contribution in [2.75, 3.05) is 29.3 Å². The van der Waals surface area contributed by atoms with Crippen LogP contribution in [0, 0.1) is 49.7 Å². The second-order valence-corrected chi connectivity index (χ2v) is 15.2. The van der Waals surface area contributed by atoms with E-state index in [1.165, 1.54) is 55.4 Å². The molecule has 15 nitrogen and oxygen atoms in total. The highest BCUT2D eigenvalue weighted by molar-refractivity contribution is 6.30. The minimum atomic E-state index is -1.66. The van der Waals surface area contributed by atoms with Crippen LogP contribution in [-0.4, -0.2) is 57.7 Å². The highest BCUT2D eigenvalue weighted by Crippen LogP contribution is 2.64. The number of carbonyl (C=O) groups is 4. The SMILES string of the molecule is CN(C)c1c([N+](=O)[O-])cc(N2C(=O)[C@H]3[C@H](CC=C4[C@H]3C[C@H]3C(=O)N(Nc5ccc(F)cc5)C(=O)[C@@]3(c3ccc(Cl)cc3)[C@H]4c3ccc(O)cc3)C2=O)cc1[N+](=O)[O-]. The Hall–Kier alpha value is -6.68. The number of rotatable bonds is 8. The number of nitro benzene ring substituents is 2. The number of allylic oxidation sites excluding steroid dienone is 2. The molecule has 2 heterocycles. The summed E-state index contributed by atoms with van der Waals surface area (Å²) in [6, 6.07) is 19.6. The van der Waals surface area contributed by atoms with Crippen molar-refractivity contribution < 1.29 is 38.5 Å². The molecule has 8 rings (SSSR count). The fourth-order valence-corrected chi connectivity index (χ4v) is 9.53. The van der Waals surface area contributed by atoms with E-state index in [0.29, 0.717) is 21.7 Å². The summed E-state index contributed by atoms with van der Waals surface area (Å²) < 4.78 is 13.9. The lowest BCUT2D eigenvalue weighted by Gasteiger charge is -2.50. The molecule has 4 aliphatic rings. The fourth-order valence-electron chi connectivity index (χ4n) is 9.41. The Balaban J connectivity index is 1.30. The van der Waals surface area contributed by atoms with Crippen LogP contribution in [-0.2, 0) is 24.6 Å². The predicted molar refractivity (Wildman–Crippen MR) is 204 cm³/mol. The molecule has 4 aromatic carbocycles. The molecule has 2 aliphatic carbocycles. The van der Waals surface area contributed by atoms with Gasteiger partial charge in [0.1, 0.15) is 11.6 Å². The van der Waals surface area contributed by atoms with Gasteiger partial charge in [-0.15, -0.1) is 0 Å². The quantitative estimate of drug-likeness (QED) is 0.0885. The molecule has 0 spiro atoms. The molecular weight excluding hydrogens is 763 g/mol. The largest absolute Gasteiger partial charge is 0.508 e. The number of benzene rings is 4. The number of phenols is 1. The Labute approximate surface area is 328 Å². The van der Waals surface area contributed by atoms with Crippen molar-refractivity contribution in [2.24, 2.45) is 23.7 Å². The number of nitrogens with one attached hydrogen (secondary N) is 1. The van der Waals surface area contributed by atoms with E-state index in [1.807, 2.05) is 0 Å². The highest BCUT2D eigenvalue weighted by atomic mass is 35.5. The van der Waals surface area contributed by atoms with E-state index < -0.39 is 85.7 Å². The van der Waals surface area contributed by atoms with Crippen LogP contribution >= 0.6 is 11.6 Å². The molecule has 2 N–H and O–H groups in total. The Morgan fingerprint density at radius 1 is 0.860 bits per heavy atom. The van der Waals surface area contributed by atoms with Crippen LogP contribution in [0.5, 0.6) is 5.75 Å². The number of amides is 4. The van der Waals surface area contributed by atoms with Crippen molar-refractivity contribution in [1.82, 2.24) is 5.01 Å². The summed E-state index contributed by atoms with van der Waals surface area (Å²) in [6.45, 7) is 0. The van der Waals surface area contributed by atoms with Gasteiger partial charge in [0, 0.05) is 37.2 Å². The number of phenolic OH excluding ortho intramolecular Hbond substituents is 1. The minimum Gasteiger partial charge on any atom is -0.508 e. The van der Waals surface area contributed by atoms with Crippen molar-refractivity contribution in [3.8, 4) is 5.75 Å². The molecule has 4 aromatic rings. The lowest BCUT2D eigenvalue weighted by molar-refractivity contribution is -0.392. The summed E-state index contributed by atoms with van der Waals surface area (Å²) in [6.07, 6.45) is 1.70. The first-order chi connectivity index (χ1) is 27.1. The maximum Gasteiger partial charge on any atom is 0.301 e. The lowest BCUT2D eigenvalue weighted by atomic mass is 9.49. The normalized spacial score (nSPS) is 25.1. The van der Waals surface area contributed by atoms with Crippen molar-refractivity contribution in [2.45, 2.75) is 24.2 Å². The summed E-state index contributed by atoms with van der Waals surface area (Å²) in [5.74, 6) is -8.41. The fraction of sp³-hybridized carbons (Fsp3) is 0.250. The molecule has 0 bridgehead atoms.